The highest BCUT2D eigenvalue weighted by molar-refractivity contribution is 6.61. The van der Waals surface area contributed by atoms with E-state index in [4.69, 9.17) is 4.65 Å². The summed E-state index contributed by atoms with van der Waals surface area (Å²) in [7, 11) is -0.940. The summed E-state index contributed by atoms with van der Waals surface area (Å²) in [6.07, 6.45) is 1.66. The Morgan fingerprint density at radius 1 is 1.28 bits per heavy atom. The van der Waals surface area contributed by atoms with E-state index in [1.165, 1.54) is 23.0 Å². The van der Waals surface area contributed by atoms with Gasteiger partial charge in [-0.05, 0) is 40.9 Å². The first-order valence-corrected chi connectivity index (χ1v) is 7.73. The lowest BCUT2D eigenvalue weighted by molar-refractivity contribution is 0.0988. The molecule has 1 aliphatic rings. The molecule has 124 valence electrons. The number of nitrogens with zero attached hydrogens (tertiary/aromatic N) is 3. The second kappa shape index (κ2) is 6.23. The molecule has 3 aromatic rings. The molecule has 1 N–H and O–H groups in total. The van der Waals surface area contributed by atoms with E-state index in [1.54, 1.807) is 18.2 Å². The van der Waals surface area contributed by atoms with E-state index >= 15 is 0 Å². The van der Waals surface area contributed by atoms with Crippen molar-refractivity contribution < 1.29 is 18.9 Å². The lowest BCUT2D eigenvalue weighted by atomic mass is 9.78. The molecule has 0 spiro atoms. The van der Waals surface area contributed by atoms with Crippen molar-refractivity contribution in [2.24, 2.45) is 0 Å². The van der Waals surface area contributed by atoms with Gasteiger partial charge in [-0.2, -0.15) is 0 Å². The van der Waals surface area contributed by atoms with Gasteiger partial charge in [0.25, 0.3) is 0 Å². The van der Waals surface area contributed by atoms with Crippen LogP contribution in [0, 0.1) is 5.82 Å². The Morgan fingerprint density at radius 3 is 2.88 bits per heavy atom. The maximum atomic E-state index is 13.0. The number of carbonyl (C=O) groups is 1. The van der Waals surface area contributed by atoms with E-state index in [9.17, 15) is 14.2 Å². The van der Waals surface area contributed by atoms with Crippen LogP contribution in [0.25, 0.3) is 5.69 Å². The van der Waals surface area contributed by atoms with Crippen molar-refractivity contribution in [2.75, 3.05) is 0 Å². The van der Waals surface area contributed by atoms with Crippen LogP contribution in [0.4, 0.5) is 4.39 Å². The summed E-state index contributed by atoms with van der Waals surface area (Å²) in [6, 6.07) is 11.2. The van der Waals surface area contributed by atoms with Crippen molar-refractivity contribution in [3.05, 3.63) is 71.3 Å². The van der Waals surface area contributed by atoms with Crippen molar-refractivity contribution >= 4 is 18.4 Å². The van der Waals surface area contributed by atoms with E-state index in [1.807, 2.05) is 12.1 Å². The SMILES string of the molecule is O=C(Cc1ccc2c(c1)B(O)OC2)c1cn(-c2ccc(F)cc2)nn1. The zero-order chi connectivity index (χ0) is 17.4. The molecule has 0 bridgehead atoms. The number of ketones is 1. The Hall–Kier alpha value is -2.84. The van der Waals surface area contributed by atoms with Gasteiger partial charge in [-0.1, -0.05) is 23.4 Å². The number of aromatic nitrogens is 3. The summed E-state index contributed by atoms with van der Waals surface area (Å²) in [5.74, 6) is -0.537. The number of fused-ring (bicyclic) bond motifs is 1. The number of hydrogen-bond acceptors (Lipinski definition) is 5. The Labute approximate surface area is 143 Å². The molecule has 0 unspecified atom stereocenters. The minimum absolute atomic E-state index is 0.141. The third-order valence-electron chi connectivity index (χ3n) is 4.11. The van der Waals surface area contributed by atoms with E-state index in [0.717, 1.165) is 11.1 Å². The first-order valence-electron chi connectivity index (χ1n) is 7.73. The van der Waals surface area contributed by atoms with Crippen molar-refractivity contribution in [1.82, 2.24) is 15.0 Å². The van der Waals surface area contributed by atoms with Crippen LogP contribution in [-0.4, -0.2) is 32.9 Å². The summed E-state index contributed by atoms with van der Waals surface area (Å²) < 4.78 is 19.5. The second-order valence-electron chi connectivity index (χ2n) is 5.82. The van der Waals surface area contributed by atoms with Crippen LogP contribution in [0.3, 0.4) is 0 Å². The lowest BCUT2D eigenvalue weighted by Gasteiger charge is -2.03. The molecular weight excluding hydrogens is 324 g/mol. The predicted molar refractivity (Wildman–Crippen MR) is 88.2 cm³/mol. The maximum absolute atomic E-state index is 13.0. The number of halogens is 1. The molecular formula is C17H13BFN3O3. The Bertz CT molecular complexity index is 943. The fourth-order valence-electron chi connectivity index (χ4n) is 2.76. The standard InChI is InChI=1S/C17H13BFN3O3/c19-13-3-5-14(6-4-13)22-9-16(20-21-22)17(23)8-11-1-2-12-10-25-18(24)15(12)7-11/h1-7,9,24H,8,10H2. The zero-order valence-corrected chi connectivity index (χ0v) is 13.1. The van der Waals surface area contributed by atoms with Gasteiger partial charge >= 0.3 is 7.12 Å². The zero-order valence-electron chi connectivity index (χ0n) is 13.1. The quantitative estimate of drug-likeness (QED) is 0.569. The van der Waals surface area contributed by atoms with Crippen LogP contribution < -0.4 is 5.46 Å². The van der Waals surface area contributed by atoms with Gasteiger partial charge in [0.05, 0.1) is 18.5 Å². The van der Waals surface area contributed by atoms with Crippen molar-refractivity contribution in [3.63, 3.8) is 0 Å². The van der Waals surface area contributed by atoms with Crippen LogP contribution in [-0.2, 0) is 17.7 Å². The minimum atomic E-state index is -0.940. The number of rotatable bonds is 4. The average Bonchev–Trinajstić information content (AvgIpc) is 3.24. The van der Waals surface area contributed by atoms with Crippen LogP contribution in [0.15, 0.2) is 48.7 Å². The topological polar surface area (TPSA) is 77.2 Å². The average molecular weight is 337 g/mol. The fourth-order valence-corrected chi connectivity index (χ4v) is 2.76. The number of Topliss-reactive ketones (excluding diaryl/α,β-unsaturated/α-hetero) is 1. The molecule has 0 atom stereocenters. The predicted octanol–water partition coefficient (Wildman–Crippen LogP) is 1.05. The molecule has 2 aromatic carbocycles. The van der Waals surface area contributed by atoms with Gasteiger partial charge in [0.2, 0.25) is 0 Å². The van der Waals surface area contributed by atoms with Crippen LogP contribution in [0.5, 0.6) is 0 Å². The van der Waals surface area contributed by atoms with Gasteiger partial charge in [0.15, 0.2) is 5.78 Å². The molecule has 8 heteroatoms. The second-order valence-corrected chi connectivity index (χ2v) is 5.82. The molecule has 0 saturated heterocycles. The molecule has 0 radical (unpaired) electrons. The highest BCUT2D eigenvalue weighted by atomic mass is 19.1. The monoisotopic (exact) mass is 337 g/mol. The Balaban J connectivity index is 1.52. The summed E-state index contributed by atoms with van der Waals surface area (Å²) in [5, 5.41) is 17.6. The first kappa shape index (κ1) is 15.7. The maximum Gasteiger partial charge on any atom is 0.491 e. The van der Waals surface area contributed by atoms with Gasteiger partial charge in [0, 0.05) is 6.42 Å². The number of benzene rings is 2. The summed E-state index contributed by atoms with van der Waals surface area (Å²) >= 11 is 0. The van der Waals surface area contributed by atoms with E-state index < -0.39 is 7.12 Å². The molecule has 4 rings (SSSR count). The molecule has 0 fully saturated rings. The third kappa shape index (κ3) is 3.09. The fraction of sp³-hybridized carbons (Fsp3) is 0.118. The summed E-state index contributed by atoms with van der Waals surface area (Å²) in [5.41, 5.74) is 3.23. The molecule has 0 amide bonds. The van der Waals surface area contributed by atoms with E-state index in [0.29, 0.717) is 17.8 Å². The third-order valence-corrected chi connectivity index (χ3v) is 4.11. The summed E-state index contributed by atoms with van der Waals surface area (Å²) in [6.45, 7) is 0.372. The molecule has 1 aliphatic heterocycles. The van der Waals surface area contributed by atoms with Crippen molar-refractivity contribution in [2.45, 2.75) is 13.0 Å². The van der Waals surface area contributed by atoms with Gasteiger partial charge in [-0.3, -0.25) is 4.79 Å². The molecule has 0 saturated carbocycles. The minimum Gasteiger partial charge on any atom is -0.423 e. The molecule has 1 aromatic heterocycles. The van der Waals surface area contributed by atoms with Gasteiger partial charge in [-0.25, -0.2) is 9.07 Å². The van der Waals surface area contributed by atoms with Crippen LogP contribution in [0.2, 0.25) is 0 Å². The molecule has 0 aliphatic carbocycles. The highest BCUT2D eigenvalue weighted by Crippen LogP contribution is 2.14. The van der Waals surface area contributed by atoms with Gasteiger partial charge in [-0.15, -0.1) is 5.10 Å². The van der Waals surface area contributed by atoms with Gasteiger partial charge < -0.3 is 9.68 Å². The van der Waals surface area contributed by atoms with Crippen LogP contribution >= 0.6 is 0 Å². The number of hydrogen-bond donors (Lipinski definition) is 1. The van der Waals surface area contributed by atoms with E-state index in [2.05, 4.69) is 10.3 Å². The Morgan fingerprint density at radius 2 is 2.08 bits per heavy atom. The lowest BCUT2D eigenvalue weighted by Crippen LogP contribution is -2.28. The molecule has 25 heavy (non-hydrogen) atoms. The highest BCUT2D eigenvalue weighted by Gasteiger charge is 2.27. The molecule has 2 heterocycles. The Kier molecular flexibility index (Phi) is 3.91. The first-order chi connectivity index (χ1) is 12.1. The van der Waals surface area contributed by atoms with Crippen LogP contribution in [0.1, 0.15) is 21.6 Å². The smallest absolute Gasteiger partial charge is 0.423 e. The summed E-state index contributed by atoms with van der Waals surface area (Å²) in [4.78, 5) is 12.4. The largest absolute Gasteiger partial charge is 0.491 e. The van der Waals surface area contributed by atoms with Crippen molar-refractivity contribution in [3.8, 4) is 5.69 Å². The molecule has 6 nitrogen and oxygen atoms in total. The van der Waals surface area contributed by atoms with E-state index in [-0.39, 0.29) is 23.7 Å². The number of carbonyl (C=O) groups excluding carboxylic acids is 1. The normalized spacial score (nSPS) is 13.1. The van der Waals surface area contributed by atoms with Gasteiger partial charge in [0.1, 0.15) is 11.5 Å². The van der Waals surface area contributed by atoms with Crippen molar-refractivity contribution in [1.29, 1.82) is 0 Å².